The van der Waals surface area contributed by atoms with E-state index in [2.05, 4.69) is 25.6 Å². The smallest absolute Gasteiger partial charge is 0.415 e. The summed E-state index contributed by atoms with van der Waals surface area (Å²) >= 11 is 0. The highest BCUT2D eigenvalue weighted by Gasteiger charge is 2.34. The molecule has 0 aromatic carbocycles. The first-order chi connectivity index (χ1) is 15.1. The van der Waals surface area contributed by atoms with Crippen molar-refractivity contribution < 1.29 is 23.8 Å². The number of aliphatic hydroxyl groups excluding tert-OH is 1. The fourth-order valence-electron chi connectivity index (χ4n) is 4.21. The Bertz CT molecular complexity index is 992. The number of hydrogen-bond acceptors (Lipinski definition) is 9. The number of aliphatic hydroxyl groups is 1. The van der Waals surface area contributed by atoms with Crippen LogP contribution >= 0.6 is 0 Å². The number of ether oxygens (including phenoxy) is 2. The van der Waals surface area contributed by atoms with Crippen molar-refractivity contribution in [3.05, 3.63) is 35.5 Å². The first kappa shape index (κ1) is 19.9. The zero-order valence-electron chi connectivity index (χ0n) is 16.8. The van der Waals surface area contributed by atoms with Gasteiger partial charge in [-0.05, 0) is 49.4 Å². The van der Waals surface area contributed by atoms with E-state index in [1.54, 1.807) is 6.20 Å². The Labute approximate surface area is 177 Å². The van der Waals surface area contributed by atoms with E-state index in [-0.39, 0.29) is 24.4 Å². The number of hydrogen-bond donors (Lipinski definition) is 3. The summed E-state index contributed by atoms with van der Waals surface area (Å²) in [4.78, 5) is 26.1. The maximum atomic E-state index is 13.8. The molecule has 0 spiro atoms. The van der Waals surface area contributed by atoms with E-state index in [0.717, 1.165) is 24.1 Å². The van der Waals surface area contributed by atoms with Gasteiger partial charge in [-0.2, -0.15) is 0 Å². The number of aromatic nitrogens is 3. The van der Waals surface area contributed by atoms with Gasteiger partial charge >= 0.3 is 6.09 Å². The number of cyclic esters (lactones) is 1. The van der Waals surface area contributed by atoms with E-state index in [1.807, 2.05) is 0 Å². The molecule has 1 fully saturated rings. The van der Waals surface area contributed by atoms with Gasteiger partial charge in [0.1, 0.15) is 18.5 Å². The van der Waals surface area contributed by atoms with E-state index in [0.29, 0.717) is 43.5 Å². The zero-order valence-corrected chi connectivity index (χ0v) is 16.8. The number of carbonyl (C=O) groups excluding carboxylic acids is 1. The van der Waals surface area contributed by atoms with Crippen LogP contribution in [0.1, 0.15) is 17.5 Å². The van der Waals surface area contributed by atoms with E-state index >= 15 is 0 Å². The Kier molecular flexibility index (Phi) is 5.28. The molecule has 3 N–H and O–H groups in total. The molecular formula is C20H23FN6O4. The van der Waals surface area contributed by atoms with Crippen LogP contribution in [0, 0.1) is 11.7 Å². The Morgan fingerprint density at radius 3 is 3.10 bits per heavy atom. The lowest BCUT2D eigenvalue weighted by molar-refractivity contribution is 0.115. The summed E-state index contributed by atoms with van der Waals surface area (Å²) in [6, 6.07) is 0. The van der Waals surface area contributed by atoms with E-state index < -0.39 is 12.3 Å². The van der Waals surface area contributed by atoms with Gasteiger partial charge in [-0.1, -0.05) is 0 Å². The Balaban J connectivity index is 1.10. The third-order valence-electron chi connectivity index (χ3n) is 5.73. The molecule has 0 bridgehead atoms. The highest BCUT2D eigenvalue weighted by atomic mass is 19.1. The molecule has 10 nitrogen and oxygen atoms in total. The second-order valence-corrected chi connectivity index (χ2v) is 8.00. The second-order valence-electron chi connectivity index (χ2n) is 8.00. The molecule has 164 valence electrons. The molecule has 0 radical (unpaired) electrons. The molecule has 1 amide bonds. The van der Waals surface area contributed by atoms with Crippen LogP contribution in [0.5, 0.6) is 5.88 Å². The van der Waals surface area contributed by atoms with Crippen LogP contribution < -0.4 is 20.3 Å². The van der Waals surface area contributed by atoms with Crippen molar-refractivity contribution in [2.24, 2.45) is 5.92 Å². The van der Waals surface area contributed by atoms with Gasteiger partial charge in [0.25, 0.3) is 5.88 Å². The molecule has 1 saturated heterocycles. The number of rotatable bonds is 6. The molecule has 0 saturated carbocycles. The maximum Gasteiger partial charge on any atom is 0.415 e. The van der Waals surface area contributed by atoms with Gasteiger partial charge in [0, 0.05) is 6.20 Å². The summed E-state index contributed by atoms with van der Waals surface area (Å²) in [5, 5.41) is 15.8. The molecule has 5 rings (SSSR count). The molecule has 2 aromatic heterocycles. The number of pyridine rings is 1. The summed E-state index contributed by atoms with van der Waals surface area (Å²) in [6.07, 6.45) is 5.03. The highest BCUT2D eigenvalue weighted by molar-refractivity contribution is 5.88. The molecule has 4 heterocycles. The number of halogens is 1. The molecule has 2 aromatic rings. The lowest BCUT2D eigenvalue weighted by atomic mass is 10.1. The number of amides is 1. The number of nitrogens with zero attached hydrogens (tertiary/aromatic N) is 4. The monoisotopic (exact) mass is 430 g/mol. The fourth-order valence-corrected chi connectivity index (χ4v) is 4.21. The number of fused-ring (bicyclic) bond motifs is 2. The van der Waals surface area contributed by atoms with Crippen LogP contribution in [-0.4, -0.2) is 64.7 Å². The topological polar surface area (TPSA) is 122 Å². The molecule has 11 heteroatoms. The number of carbonyl (C=O) groups is 1. The normalized spacial score (nSPS) is 24.3. The van der Waals surface area contributed by atoms with Crippen LogP contribution in [0.4, 0.5) is 20.8 Å². The molecule has 3 unspecified atom stereocenters. The van der Waals surface area contributed by atoms with Gasteiger partial charge < -0.3 is 25.2 Å². The van der Waals surface area contributed by atoms with E-state index in [4.69, 9.17) is 9.47 Å². The predicted molar refractivity (Wildman–Crippen MR) is 107 cm³/mol. The Morgan fingerprint density at radius 1 is 1.32 bits per heavy atom. The Morgan fingerprint density at radius 2 is 2.23 bits per heavy atom. The number of anilines is 2. The van der Waals surface area contributed by atoms with Crippen LogP contribution in [-0.2, 0) is 17.6 Å². The van der Waals surface area contributed by atoms with Gasteiger partial charge in [-0.15, -0.1) is 0 Å². The SMILES string of the molecule is O=C1OC(CCNCC2Cc3cncc(F)c3C2)CN1c1cnc2c(n1)NC(O)CO2. The highest BCUT2D eigenvalue weighted by Crippen LogP contribution is 2.29. The summed E-state index contributed by atoms with van der Waals surface area (Å²) in [5.74, 6) is 1.03. The van der Waals surface area contributed by atoms with Crippen molar-refractivity contribution in [1.29, 1.82) is 0 Å². The van der Waals surface area contributed by atoms with Crippen molar-refractivity contribution >= 4 is 17.7 Å². The molecule has 2 aliphatic heterocycles. The molecule has 1 aliphatic carbocycles. The lowest BCUT2D eigenvalue weighted by Gasteiger charge is -2.23. The standard InChI is InChI=1S/C20H23FN6O4/c21-15-7-23-6-12-3-11(4-14(12)15)5-22-2-1-13-9-27(20(29)31-13)16-8-24-19-18(25-16)26-17(28)10-30-19/h6-8,11,13,17,22,28H,1-5,9-10H2,(H,25,26). The fraction of sp³-hybridized carbons (Fsp3) is 0.500. The maximum absolute atomic E-state index is 13.8. The quantitative estimate of drug-likeness (QED) is 0.573. The minimum Gasteiger partial charge on any atom is -0.470 e. The van der Waals surface area contributed by atoms with Crippen molar-refractivity contribution in [2.45, 2.75) is 31.6 Å². The average molecular weight is 430 g/mol. The summed E-state index contributed by atoms with van der Waals surface area (Å²) < 4.78 is 24.5. The van der Waals surface area contributed by atoms with Crippen molar-refractivity contribution in [3.8, 4) is 5.88 Å². The summed E-state index contributed by atoms with van der Waals surface area (Å²) in [6.45, 7) is 1.89. The number of nitrogens with one attached hydrogen (secondary N) is 2. The summed E-state index contributed by atoms with van der Waals surface area (Å²) in [7, 11) is 0. The van der Waals surface area contributed by atoms with Crippen LogP contribution in [0.3, 0.4) is 0 Å². The third-order valence-corrected chi connectivity index (χ3v) is 5.73. The van der Waals surface area contributed by atoms with Gasteiger partial charge in [0.2, 0.25) is 0 Å². The van der Waals surface area contributed by atoms with E-state index in [1.165, 1.54) is 17.3 Å². The van der Waals surface area contributed by atoms with Gasteiger partial charge in [-0.25, -0.2) is 19.2 Å². The molecule has 31 heavy (non-hydrogen) atoms. The Hall–Kier alpha value is -3.05. The molecule has 3 aliphatic rings. The van der Waals surface area contributed by atoms with Crippen molar-refractivity contribution in [2.75, 3.05) is 36.5 Å². The van der Waals surface area contributed by atoms with Crippen LogP contribution in [0.2, 0.25) is 0 Å². The summed E-state index contributed by atoms with van der Waals surface area (Å²) in [5.41, 5.74) is 1.77. The lowest BCUT2D eigenvalue weighted by Crippen LogP contribution is -2.33. The van der Waals surface area contributed by atoms with E-state index in [9.17, 15) is 14.3 Å². The minimum absolute atomic E-state index is 0.0840. The average Bonchev–Trinajstić information content (AvgIpc) is 3.34. The molecular weight excluding hydrogens is 407 g/mol. The van der Waals surface area contributed by atoms with Crippen molar-refractivity contribution in [3.63, 3.8) is 0 Å². The zero-order chi connectivity index (χ0) is 21.4. The van der Waals surface area contributed by atoms with Gasteiger partial charge in [0.05, 0.1) is 18.9 Å². The predicted octanol–water partition coefficient (Wildman–Crippen LogP) is 0.853. The van der Waals surface area contributed by atoms with Gasteiger partial charge in [-0.3, -0.25) is 9.88 Å². The largest absolute Gasteiger partial charge is 0.470 e. The first-order valence-corrected chi connectivity index (χ1v) is 10.3. The molecule has 3 atom stereocenters. The second kappa shape index (κ2) is 8.23. The first-order valence-electron chi connectivity index (χ1n) is 10.3. The minimum atomic E-state index is -0.873. The van der Waals surface area contributed by atoms with Crippen molar-refractivity contribution in [1.82, 2.24) is 20.3 Å². The van der Waals surface area contributed by atoms with Crippen LogP contribution in [0.25, 0.3) is 0 Å². The third kappa shape index (κ3) is 4.10. The van der Waals surface area contributed by atoms with Crippen LogP contribution in [0.15, 0.2) is 18.6 Å². The van der Waals surface area contributed by atoms with Gasteiger partial charge in [0.15, 0.2) is 17.9 Å².